The molecular weight excluding hydrogens is 378 g/mol. The van der Waals surface area contributed by atoms with Gasteiger partial charge in [-0.3, -0.25) is 4.79 Å². The van der Waals surface area contributed by atoms with Crippen LogP contribution >= 0.6 is 0 Å². The zero-order valence-electron chi connectivity index (χ0n) is 14.8. The van der Waals surface area contributed by atoms with Crippen molar-refractivity contribution in [1.82, 2.24) is 4.31 Å². The highest BCUT2D eigenvalue weighted by Gasteiger charge is 2.50. The van der Waals surface area contributed by atoms with E-state index >= 15 is 0 Å². The first kappa shape index (κ1) is 21.1. The zero-order chi connectivity index (χ0) is 20.2. The lowest BCUT2D eigenvalue weighted by Crippen LogP contribution is -2.65. The second-order valence-corrected chi connectivity index (χ2v) is 7.69. The van der Waals surface area contributed by atoms with Gasteiger partial charge >= 0.3 is 5.97 Å². The van der Waals surface area contributed by atoms with E-state index in [0.29, 0.717) is 10.1 Å². The van der Waals surface area contributed by atoms with Crippen molar-refractivity contribution in [2.45, 2.75) is 36.2 Å². The number of piperidine rings is 1. The van der Waals surface area contributed by atoms with Gasteiger partial charge in [-0.25, -0.2) is 8.42 Å². The Kier molecular flexibility index (Phi) is 6.80. The third-order valence-corrected chi connectivity index (χ3v) is 6.06. The molecule has 1 aliphatic rings. The van der Waals surface area contributed by atoms with Crippen LogP contribution in [0.15, 0.2) is 29.2 Å². The molecule has 1 fully saturated rings. The summed E-state index contributed by atoms with van der Waals surface area (Å²) in [5, 5.41) is 29.4. The van der Waals surface area contributed by atoms with Crippen molar-refractivity contribution in [2.24, 2.45) is 0 Å². The molecule has 1 aromatic carbocycles. The minimum atomic E-state index is -4.28. The number of carbonyl (C=O) groups is 1. The lowest BCUT2D eigenvalue weighted by atomic mass is 9.96. The van der Waals surface area contributed by atoms with E-state index in [1.54, 1.807) is 6.92 Å². The van der Waals surface area contributed by atoms with Crippen LogP contribution in [0, 0.1) is 11.8 Å². The van der Waals surface area contributed by atoms with Crippen LogP contribution in [-0.2, 0) is 19.6 Å². The minimum absolute atomic E-state index is 0.148. The molecule has 1 aliphatic heterocycles. The second-order valence-electron chi connectivity index (χ2n) is 5.80. The molecule has 0 saturated carbocycles. The Hall–Kier alpha value is -2.16. The highest BCUT2D eigenvalue weighted by Crippen LogP contribution is 2.28. The number of carboxylic acid groups (broad SMARTS) is 1. The second kappa shape index (κ2) is 8.69. The van der Waals surface area contributed by atoms with Crippen LogP contribution < -0.4 is 4.74 Å². The largest absolute Gasteiger partial charge is 0.481 e. The summed E-state index contributed by atoms with van der Waals surface area (Å²) < 4.78 is 36.8. The highest BCUT2D eigenvalue weighted by molar-refractivity contribution is 7.89. The number of aliphatic carboxylic acids is 1. The molecule has 0 aliphatic carbocycles. The third kappa shape index (κ3) is 4.40. The maximum atomic E-state index is 12.9. The molecule has 2 rings (SSSR count). The zero-order valence-corrected chi connectivity index (χ0v) is 15.6. The van der Waals surface area contributed by atoms with Gasteiger partial charge in [0, 0.05) is 13.7 Å². The molecular formula is C17H21NO8S. The van der Waals surface area contributed by atoms with Gasteiger partial charge in [0.25, 0.3) is 0 Å². The van der Waals surface area contributed by atoms with E-state index in [9.17, 15) is 28.5 Å². The molecule has 148 valence electrons. The number of nitrogens with zero attached hydrogens (tertiary/aromatic N) is 1. The number of sulfonamides is 1. The number of rotatable bonds is 6. The highest BCUT2D eigenvalue weighted by atomic mass is 32.2. The number of hydrogen-bond donors (Lipinski definition) is 3. The maximum absolute atomic E-state index is 12.9. The molecule has 9 nitrogen and oxygen atoms in total. The first-order chi connectivity index (χ1) is 12.7. The number of aliphatic hydroxyl groups excluding tert-OH is 2. The Morgan fingerprint density at radius 1 is 1.26 bits per heavy atom. The molecule has 1 saturated heterocycles. The molecule has 0 bridgehead atoms. The molecule has 0 spiro atoms. The summed E-state index contributed by atoms with van der Waals surface area (Å²) >= 11 is 0. The van der Waals surface area contributed by atoms with Crippen molar-refractivity contribution in [2.75, 3.05) is 20.3 Å². The van der Waals surface area contributed by atoms with Crippen LogP contribution in [0.1, 0.15) is 6.92 Å². The Bertz CT molecular complexity index is 827. The van der Waals surface area contributed by atoms with E-state index < -0.39 is 46.9 Å². The maximum Gasteiger partial charge on any atom is 0.324 e. The summed E-state index contributed by atoms with van der Waals surface area (Å²) in [6.45, 7) is 1.39. The molecule has 0 amide bonds. The minimum Gasteiger partial charge on any atom is -0.481 e. The van der Waals surface area contributed by atoms with Gasteiger partial charge in [-0.1, -0.05) is 5.92 Å². The Morgan fingerprint density at radius 3 is 2.41 bits per heavy atom. The summed E-state index contributed by atoms with van der Waals surface area (Å²) in [5.74, 6) is 4.19. The average molecular weight is 399 g/mol. The van der Waals surface area contributed by atoms with Gasteiger partial charge in [-0.15, -0.1) is 5.92 Å². The van der Waals surface area contributed by atoms with Crippen LogP contribution in [-0.4, -0.2) is 78.6 Å². The molecule has 1 heterocycles. The molecule has 27 heavy (non-hydrogen) atoms. The van der Waals surface area contributed by atoms with Crippen LogP contribution in [0.2, 0.25) is 0 Å². The fourth-order valence-electron chi connectivity index (χ4n) is 2.74. The quantitative estimate of drug-likeness (QED) is 0.534. The Balaban J connectivity index is 2.34. The Morgan fingerprint density at radius 2 is 1.89 bits per heavy atom. The van der Waals surface area contributed by atoms with Crippen molar-refractivity contribution in [3.63, 3.8) is 0 Å². The van der Waals surface area contributed by atoms with Gasteiger partial charge in [0.15, 0.2) is 6.04 Å². The molecule has 4 unspecified atom stereocenters. The Labute approximate surface area is 157 Å². The van der Waals surface area contributed by atoms with Crippen molar-refractivity contribution in [1.29, 1.82) is 0 Å². The van der Waals surface area contributed by atoms with Gasteiger partial charge in [-0.05, 0) is 31.2 Å². The van der Waals surface area contributed by atoms with Gasteiger partial charge in [0.05, 0.1) is 11.0 Å². The number of aliphatic hydroxyl groups is 2. The van der Waals surface area contributed by atoms with E-state index in [2.05, 4.69) is 11.8 Å². The molecule has 0 aromatic heterocycles. The molecule has 1 aromatic rings. The van der Waals surface area contributed by atoms with E-state index in [0.717, 1.165) is 0 Å². The van der Waals surface area contributed by atoms with Crippen LogP contribution in [0.5, 0.6) is 5.75 Å². The normalized spacial score (nSPS) is 26.1. The van der Waals surface area contributed by atoms with Crippen LogP contribution in [0.4, 0.5) is 0 Å². The fourth-order valence-corrected chi connectivity index (χ4v) is 4.35. The SMILES string of the molecule is CC#CCOc1ccc(S(=O)(=O)N2CC(OC)C(O)C(O)C2C(=O)O)cc1. The summed E-state index contributed by atoms with van der Waals surface area (Å²) in [5.41, 5.74) is 0. The van der Waals surface area contributed by atoms with Crippen molar-refractivity contribution in [3.8, 4) is 17.6 Å². The standard InChI is InChI=1S/C17H21NO8S/c1-3-4-9-26-11-5-7-12(8-6-11)27(23,24)18-10-13(25-2)15(19)16(20)14(18)17(21)22/h5-8,13-16,19-20H,9-10H2,1-2H3,(H,21,22). The van der Waals surface area contributed by atoms with Crippen LogP contribution in [0.25, 0.3) is 0 Å². The number of benzene rings is 1. The van der Waals surface area contributed by atoms with E-state index in [-0.39, 0.29) is 11.5 Å². The molecule has 3 N–H and O–H groups in total. The fraction of sp³-hybridized carbons (Fsp3) is 0.471. The summed E-state index contributed by atoms with van der Waals surface area (Å²) in [4.78, 5) is 11.4. The average Bonchev–Trinajstić information content (AvgIpc) is 2.64. The first-order valence-electron chi connectivity index (χ1n) is 8.00. The van der Waals surface area contributed by atoms with E-state index in [4.69, 9.17) is 9.47 Å². The number of methoxy groups -OCH3 is 1. The molecule has 4 atom stereocenters. The predicted octanol–water partition coefficient (Wildman–Crippen LogP) is -0.717. The third-order valence-electron chi connectivity index (χ3n) is 4.20. The number of ether oxygens (including phenoxy) is 2. The van der Waals surface area contributed by atoms with Crippen molar-refractivity contribution >= 4 is 16.0 Å². The first-order valence-corrected chi connectivity index (χ1v) is 9.44. The summed E-state index contributed by atoms with van der Waals surface area (Å²) in [7, 11) is -3.05. The predicted molar refractivity (Wildman–Crippen MR) is 93.5 cm³/mol. The smallest absolute Gasteiger partial charge is 0.324 e. The number of carboxylic acids is 1. The van der Waals surface area contributed by atoms with Crippen molar-refractivity contribution < 1.29 is 38.0 Å². The van der Waals surface area contributed by atoms with Crippen molar-refractivity contribution in [3.05, 3.63) is 24.3 Å². The lowest BCUT2D eigenvalue weighted by molar-refractivity contribution is -0.164. The van der Waals surface area contributed by atoms with Gasteiger partial charge < -0.3 is 24.8 Å². The summed E-state index contributed by atoms with van der Waals surface area (Å²) in [6, 6.07) is 3.53. The van der Waals surface area contributed by atoms with Gasteiger partial charge in [0.2, 0.25) is 10.0 Å². The topological polar surface area (TPSA) is 134 Å². The number of hydrogen-bond acceptors (Lipinski definition) is 7. The summed E-state index contributed by atoms with van der Waals surface area (Å²) in [6.07, 6.45) is -4.44. The van der Waals surface area contributed by atoms with Gasteiger partial charge in [0.1, 0.15) is 24.6 Å². The molecule has 0 radical (unpaired) electrons. The lowest BCUT2D eigenvalue weighted by Gasteiger charge is -2.41. The van der Waals surface area contributed by atoms with E-state index in [1.807, 2.05) is 0 Å². The molecule has 10 heteroatoms. The van der Waals surface area contributed by atoms with E-state index in [1.165, 1.54) is 31.4 Å². The van der Waals surface area contributed by atoms with Crippen LogP contribution in [0.3, 0.4) is 0 Å². The van der Waals surface area contributed by atoms with Gasteiger partial charge in [-0.2, -0.15) is 4.31 Å². The monoisotopic (exact) mass is 399 g/mol.